The fourth-order valence-electron chi connectivity index (χ4n) is 1.74. The van der Waals surface area contributed by atoms with Crippen LogP contribution in [-0.2, 0) is 0 Å². The van der Waals surface area contributed by atoms with Gasteiger partial charge in [0.15, 0.2) is 11.5 Å². The molecule has 2 aromatic rings. The quantitative estimate of drug-likeness (QED) is 0.804. The minimum Gasteiger partial charge on any atom is -0.490 e. The molecule has 0 heterocycles. The summed E-state index contributed by atoms with van der Waals surface area (Å²) in [4.78, 5) is 0. The fourth-order valence-corrected chi connectivity index (χ4v) is 1.74. The number of hydrogen-bond donors (Lipinski definition) is 0. The zero-order chi connectivity index (χ0) is 14.9. The molecule has 0 aromatic heterocycles. The summed E-state index contributed by atoms with van der Waals surface area (Å²) in [5, 5.41) is 8.89. The van der Waals surface area contributed by atoms with Gasteiger partial charge in [-0.15, -0.1) is 0 Å². The van der Waals surface area contributed by atoms with Crippen LogP contribution in [0.3, 0.4) is 0 Å². The Bertz CT molecular complexity index is 691. The van der Waals surface area contributed by atoms with Gasteiger partial charge in [0.2, 0.25) is 0 Å². The van der Waals surface area contributed by atoms with E-state index in [4.69, 9.17) is 14.7 Å². The molecule has 0 saturated heterocycles. The van der Waals surface area contributed by atoms with Gasteiger partial charge in [-0.2, -0.15) is 5.26 Å². The van der Waals surface area contributed by atoms with E-state index in [1.54, 1.807) is 18.2 Å². The van der Waals surface area contributed by atoms with E-state index in [9.17, 15) is 0 Å². The zero-order valence-electron chi connectivity index (χ0n) is 11.8. The second kappa shape index (κ2) is 7.62. The van der Waals surface area contributed by atoms with Crippen molar-refractivity contribution in [2.75, 3.05) is 13.2 Å². The van der Waals surface area contributed by atoms with Gasteiger partial charge in [-0.05, 0) is 31.2 Å². The first-order valence-electron chi connectivity index (χ1n) is 6.67. The SMILES string of the molecule is CCOc1cc(C#N)ccc1OCC#Cc1ccccc1. The lowest BCUT2D eigenvalue weighted by Gasteiger charge is -2.10. The van der Waals surface area contributed by atoms with Crippen LogP contribution in [-0.4, -0.2) is 13.2 Å². The third-order valence-corrected chi connectivity index (χ3v) is 2.68. The third-order valence-electron chi connectivity index (χ3n) is 2.68. The van der Waals surface area contributed by atoms with Crippen LogP contribution in [0.25, 0.3) is 0 Å². The lowest BCUT2D eigenvalue weighted by molar-refractivity contribution is 0.299. The summed E-state index contributed by atoms with van der Waals surface area (Å²) in [6, 6.07) is 16.9. The molecule has 0 aliphatic heterocycles. The van der Waals surface area contributed by atoms with Crippen molar-refractivity contribution in [3.8, 4) is 29.4 Å². The van der Waals surface area contributed by atoms with Crippen molar-refractivity contribution in [2.45, 2.75) is 6.92 Å². The van der Waals surface area contributed by atoms with E-state index in [0.717, 1.165) is 5.56 Å². The second-order valence-electron chi connectivity index (χ2n) is 4.16. The molecule has 0 N–H and O–H groups in total. The predicted molar refractivity (Wildman–Crippen MR) is 81.1 cm³/mol. The van der Waals surface area contributed by atoms with Crippen LogP contribution in [0, 0.1) is 23.2 Å². The Kier molecular flexibility index (Phi) is 5.26. The van der Waals surface area contributed by atoms with Crippen LogP contribution in [0.15, 0.2) is 48.5 Å². The van der Waals surface area contributed by atoms with Gasteiger partial charge in [0, 0.05) is 11.6 Å². The van der Waals surface area contributed by atoms with Crippen molar-refractivity contribution in [1.29, 1.82) is 5.26 Å². The van der Waals surface area contributed by atoms with Gasteiger partial charge in [0.05, 0.1) is 18.2 Å². The van der Waals surface area contributed by atoms with Crippen molar-refractivity contribution >= 4 is 0 Å². The molecule has 0 amide bonds. The molecule has 0 bridgehead atoms. The van der Waals surface area contributed by atoms with Crippen molar-refractivity contribution in [3.63, 3.8) is 0 Å². The third kappa shape index (κ3) is 4.30. The van der Waals surface area contributed by atoms with Gasteiger partial charge in [-0.3, -0.25) is 0 Å². The molecular formula is C18H15NO2. The van der Waals surface area contributed by atoms with Gasteiger partial charge in [-0.25, -0.2) is 0 Å². The lowest BCUT2D eigenvalue weighted by atomic mass is 10.2. The summed E-state index contributed by atoms with van der Waals surface area (Å²) in [5.74, 6) is 7.14. The van der Waals surface area contributed by atoms with Crippen LogP contribution >= 0.6 is 0 Å². The van der Waals surface area contributed by atoms with Crippen LogP contribution < -0.4 is 9.47 Å². The molecule has 0 atom stereocenters. The molecule has 0 spiro atoms. The summed E-state index contributed by atoms with van der Waals surface area (Å²) in [6.45, 7) is 2.67. The Morgan fingerprint density at radius 1 is 0.952 bits per heavy atom. The first-order valence-corrected chi connectivity index (χ1v) is 6.67. The smallest absolute Gasteiger partial charge is 0.162 e. The summed E-state index contributed by atoms with van der Waals surface area (Å²) in [5.41, 5.74) is 1.49. The summed E-state index contributed by atoms with van der Waals surface area (Å²) in [7, 11) is 0. The number of benzene rings is 2. The van der Waals surface area contributed by atoms with Crippen molar-refractivity contribution in [3.05, 3.63) is 59.7 Å². The largest absolute Gasteiger partial charge is 0.490 e. The van der Waals surface area contributed by atoms with Gasteiger partial charge in [0.25, 0.3) is 0 Å². The highest BCUT2D eigenvalue weighted by molar-refractivity contribution is 5.47. The molecule has 3 nitrogen and oxygen atoms in total. The first kappa shape index (κ1) is 14.5. The van der Waals surface area contributed by atoms with E-state index < -0.39 is 0 Å². The van der Waals surface area contributed by atoms with Gasteiger partial charge in [-0.1, -0.05) is 30.0 Å². The van der Waals surface area contributed by atoms with E-state index in [-0.39, 0.29) is 6.61 Å². The van der Waals surface area contributed by atoms with E-state index in [1.165, 1.54) is 0 Å². The maximum Gasteiger partial charge on any atom is 0.162 e. The molecule has 2 aromatic carbocycles. The number of hydrogen-bond acceptors (Lipinski definition) is 3. The molecule has 0 aliphatic carbocycles. The Balaban J connectivity index is 2.03. The molecule has 104 valence electrons. The van der Waals surface area contributed by atoms with Gasteiger partial charge in [0.1, 0.15) is 6.61 Å². The molecule has 3 heteroatoms. The molecule has 21 heavy (non-hydrogen) atoms. The highest BCUT2D eigenvalue weighted by Crippen LogP contribution is 2.28. The van der Waals surface area contributed by atoms with Crippen LogP contribution in [0.2, 0.25) is 0 Å². The Labute approximate surface area is 124 Å². The molecule has 0 unspecified atom stereocenters. The van der Waals surface area contributed by atoms with Crippen molar-refractivity contribution < 1.29 is 9.47 Å². The molecule has 2 rings (SSSR count). The normalized spacial score (nSPS) is 9.14. The Morgan fingerprint density at radius 2 is 1.76 bits per heavy atom. The van der Waals surface area contributed by atoms with Crippen LogP contribution in [0.4, 0.5) is 0 Å². The van der Waals surface area contributed by atoms with Crippen LogP contribution in [0.5, 0.6) is 11.5 Å². The monoisotopic (exact) mass is 277 g/mol. The summed E-state index contributed by atoms with van der Waals surface area (Å²) >= 11 is 0. The molecule has 0 fully saturated rings. The molecule has 0 radical (unpaired) electrons. The van der Waals surface area contributed by atoms with Crippen molar-refractivity contribution in [1.82, 2.24) is 0 Å². The fraction of sp³-hybridized carbons (Fsp3) is 0.167. The highest BCUT2D eigenvalue weighted by atomic mass is 16.5. The topological polar surface area (TPSA) is 42.2 Å². The van der Waals surface area contributed by atoms with Crippen molar-refractivity contribution in [2.24, 2.45) is 0 Å². The van der Waals surface area contributed by atoms with Gasteiger partial charge >= 0.3 is 0 Å². The van der Waals surface area contributed by atoms with Gasteiger partial charge < -0.3 is 9.47 Å². The van der Waals surface area contributed by atoms with Crippen LogP contribution in [0.1, 0.15) is 18.1 Å². The molecule has 0 aliphatic rings. The summed E-state index contributed by atoms with van der Waals surface area (Å²) in [6.07, 6.45) is 0. The molecule has 0 saturated carbocycles. The highest BCUT2D eigenvalue weighted by Gasteiger charge is 2.05. The molecular weight excluding hydrogens is 262 g/mol. The number of nitriles is 1. The maximum absolute atomic E-state index is 8.89. The second-order valence-corrected chi connectivity index (χ2v) is 4.16. The first-order chi connectivity index (χ1) is 10.3. The predicted octanol–water partition coefficient (Wildman–Crippen LogP) is 3.39. The number of rotatable bonds is 4. The number of nitrogens with zero attached hydrogens (tertiary/aromatic N) is 1. The Hall–Kier alpha value is -2.91. The average molecular weight is 277 g/mol. The summed E-state index contributed by atoms with van der Waals surface area (Å²) < 4.78 is 11.1. The lowest BCUT2D eigenvalue weighted by Crippen LogP contribution is -1.99. The standard InChI is InChI=1S/C18H15NO2/c1-2-20-18-13-16(14-19)10-11-17(18)21-12-6-9-15-7-4-3-5-8-15/h3-5,7-8,10-11,13H,2,12H2,1H3. The minimum atomic E-state index is 0.265. The maximum atomic E-state index is 8.89. The zero-order valence-corrected chi connectivity index (χ0v) is 11.8. The average Bonchev–Trinajstić information content (AvgIpc) is 2.54. The van der Waals surface area contributed by atoms with E-state index >= 15 is 0 Å². The van der Waals surface area contributed by atoms with E-state index in [1.807, 2.05) is 37.3 Å². The Morgan fingerprint density at radius 3 is 2.48 bits per heavy atom. The van der Waals surface area contributed by atoms with E-state index in [2.05, 4.69) is 17.9 Å². The number of ether oxygens (including phenoxy) is 2. The van der Waals surface area contributed by atoms with E-state index in [0.29, 0.717) is 23.7 Å². The minimum absolute atomic E-state index is 0.265.